The Labute approximate surface area is 206 Å². The van der Waals surface area contributed by atoms with Gasteiger partial charge in [-0.1, -0.05) is 13.8 Å². The molecule has 8 heteroatoms. The molecule has 0 spiro atoms. The maximum absolute atomic E-state index is 5.28. The van der Waals surface area contributed by atoms with Gasteiger partial charge in [0.25, 0.3) is 0 Å². The fourth-order valence-electron chi connectivity index (χ4n) is 4.49. The molecule has 0 aliphatic carbocycles. The molecule has 0 saturated carbocycles. The van der Waals surface area contributed by atoms with Crippen molar-refractivity contribution in [2.75, 3.05) is 50.1 Å². The van der Waals surface area contributed by atoms with Crippen molar-refractivity contribution >= 4 is 22.7 Å². The van der Waals surface area contributed by atoms with Crippen molar-refractivity contribution < 1.29 is 4.74 Å². The number of rotatable bonds is 8. The number of hydrogen-bond acceptors (Lipinski definition) is 7. The van der Waals surface area contributed by atoms with Crippen molar-refractivity contribution in [2.24, 2.45) is 5.92 Å². The number of methoxy groups -OCH3 is 1. The summed E-state index contributed by atoms with van der Waals surface area (Å²) < 4.78 is 7.11. The molecule has 4 heterocycles. The number of fused-ring (bicyclic) bond motifs is 1. The average Bonchev–Trinajstić information content (AvgIpc) is 3.39. The summed E-state index contributed by atoms with van der Waals surface area (Å²) in [6, 6.07) is 16.6. The summed E-state index contributed by atoms with van der Waals surface area (Å²) >= 11 is 0. The molecule has 35 heavy (non-hydrogen) atoms. The van der Waals surface area contributed by atoms with Crippen LogP contribution in [0.3, 0.4) is 0 Å². The lowest BCUT2D eigenvalue weighted by molar-refractivity contribution is 0.244. The van der Waals surface area contributed by atoms with Gasteiger partial charge in [-0.15, -0.1) is 0 Å². The van der Waals surface area contributed by atoms with Gasteiger partial charge >= 0.3 is 0 Å². The summed E-state index contributed by atoms with van der Waals surface area (Å²) in [5.74, 6) is 1.33. The Balaban J connectivity index is 1.28. The SMILES string of the molecule is COc1cc(-c2ccc(Nc3ccc(N4CCN(CCC(C)C)CC4)cc3)c3ncnn23)ccn1. The second-order valence-electron chi connectivity index (χ2n) is 9.40. The fraction of sp³-hybridized carbons (Fsp3) is 0.370. The van der Waals surface area contributed by atoms with Crippen molar-refractivity contribution in [3.8, 4) is 17.1 Å². The van der Waals surface area contributed by atoms with E-state index in [1.807, 2.05) is 28.8 Å². The Bertz CT molecular complexity index is 1260. The number of piperazine rings is 1. The first-order valence-corrected chi connectivity index (χ1v) is 12.3. The molecule has 1 aromatic carbocycles. The largest absolute Gasteiger partial charge is 0.481 e. The molecule has 0 amide bonds. The maximum Gasteiger partial charge on any atom is 0.213 e. The van der Waals surface area contributed by atoms with Gasteiger partial charge < -0.3 is 15.0 Å². The van der Waals surface area contributed by atoms with Crippen LogP contribution in [0, 0.1) is 5.92 Å². The van der Waals surface area contributed by atoms with Crippen LogP contribution in [-0.2, 0) is 0 Å². The van der Waals surface area contributed by atoms with Crippen molar-refractivity contribution in [1.82, 2.24) is 24.5 Å². The van der Waals surface area contributed by atoms with Gasteiger partial charge in [0.1, 0.15) is 6.33 Å². The van der Waals surface area contributed by atoms with E-state index in [9.17, 15) is 0 Å². The number of nitrogens with one attached hydrogen (secondary N) is 1. The van der Waals surface area contributed by atoms with E-state index in [2.05, 4.69) is 68.3 Å². The van der Waals surface area contributed by atoms with Gasteiger partial charge in [-0.05, 0) is 61.3 Å². The van der Waals surface area contributed by atoms with Crippen molar-refractivity contribution in [1.29, 1.82) is 0 Å². The minimum atomic E-state index is 0.565. The van der Waals surface area contributed by atoms with E-state index in [0.717, 1.165) is 60.4 Å². The smallest absolute Gasteiger partial charge is 0.213 e. The first-order valence-electron chi connectivity index (χ1n) is 12.3. The highest BCUT2D eigenvalue weighted by Gasteiger charge is 2.17. The molecule has 1 aliphatic rings. The zero-order chi connectivity index (χ0) is 24.2. The van der Waals surface area contributed by atoms with Gasteiger partial charge in [0.2, 0.25) is 5.88 Å². The number of ether oxygens (including phenoxy) is 1. The second-order valence-corrected chi connectivity index (χ2v) is 9.40. The van der Waals surface area contributed by atoms with Gasteiger partial charge in [0, 0.05) is 55.4 Å². The lowest BCUT2D eigenvalue weighted by Gasteiger charge is -2.36. The van der Waals surface area contributed by atoms with Crippen LogP contribution in [0.5, 0.6) is 5.88 Å². The van der Waals surface area contributed by atoms with Crippen LogP contribution in [-0.4, -0.2) is 64.3 Å². The third kappa shape index (κ3) is 5.22. The Kier molecular flexibility index (Phi) is 6.81. The van der Waals surface area contributed by atoms with Crippen LogP contribution >= 0.6 is 0 Å². The average molecular weight is 472 g/mol. The summed E-state index contributed by atoms with van der Waals surface area (Å²) in [6.45, 7) is 10.2. The van der Waals surface area contributed by atoms with Crippen LogP contribution in [0.25, 0.3) is 16.9 Å². The second kappa shape index (κ2) is 10.3. The summed E-state index contributed by atoms with van der Waals surface area (Å²) in [6.07, 6.45) is 4.58. The molecule has 0 atom stereocenters. The third-order valence-electron chi connectivity index (χ3n) is 6.57. The predicted molar refractivity (Wildman–Crippen MR) is 141 cm³/mol. The molecule has 3 aromatic heterocycles. The standard InChI is InChI=1S/C27H33N7O/c1-20(2)11-13-32-14-16-33(17-15-32)23-6-4-22(5-7-23)31-24-8-9-25(34-27(24)29-19-30-34)21-10-12-28-26(18-21)35-3/h4-10,12,18-20,31H,11,13-17H2,1-3H3. The van der Waals surface area contributed by atoms with Gasteiger partial charge in [-0.3, -0.25) is 4.90 Å². The first-order chi connectivity index (χ1) is 17.1. The molecule has 5 rings (SSSR count). The predicted octanol–water partition coefficient (Wildman–Crippen LogP) is 4.71. The number of nitrogens with zero attached hydrogens (tertiary/aromatic N) is 6. The summed E-state index contributed by atoms with van der Waals surface area (Å²) in [5.41, 5.74) is 5.85. The van der Waals surface area contributed by atoms with Crippen molar-refractivity contribution in [2.45, 2.75) is 20.3 Å². The zero-order valence-electron chi connectivity index (χ0n) is 20.7. The quantitative estimate of drug-likeness (QED) is 0.399. The Morgan fingerprint density at radius 3 is 2.51 bits per heavy atom. The lowest BCUT2D eigenvalue weighted by atomic mass is 10.1. The molecule has 0 unspecified atom stereocenters. The van der Waals surface area contributed by atoms with Crippen LogP contribution < -0.4 is 15.0 Å². The third-order valence-corrected chi connectivity index (χ3v) is 6.57. The number of benzene rings is 1. The van der Waals surface area contributed by atoms with E-state index in [1.54, 1.807) is 19.6 Å². The highest BCUT2D eigenvalue weighted by atomic mass is 16.5. The molecule has 1 fully saturated rings. The molecular formula is C27H33N7O. The molecule has 8 nitrogen and oxygen atoms in total. The van der Waals surface area contributed by atoms with E-state index < -0.39 is 0 Å². The molecule has 1 saturated heterocycles. The fourth-order valence-corrected chi connectivity index (χ4v) is 4.49. The van der Waals surface area contributed by atoms with E-state index >= 15 is 0 Å². The molecule has 182 valence electrons. The van der Waals surface area contributed by atoms with E-state index in [1.165, 1.54) is 18.7 Å². The highest BCUT2D eigenvalue weighted by Crippen LogP contribution is 2.28. The topological polar surface area (TPSA) is 70.8 Å². The van der Waals surface area contributed by atoms with Crippen LogP contribution in [0.4, 0.5) is 17.1 Å². The monoisotopic (exact) mass is 471 g/mol. The Morgan fingerprint density at radius 2 is 1.77 bits per heavy atom. The van der Waals surface area contributed by atoms with Crippen LogP contribution in [0.1, 0.15) is 20.3 Å². The Morgan fingerprint density at radius 1 is 0.971 bits per heavy atom. The normalized spacial score (nSPS) is 14.6. The lowest BCUT2D eigenvalue weighted by Crippen LogP contribution is -2.46. The van der Waals surface area contributed by atoms with Crippen LogP contribution in [0.15, 0.2) is 61.1 Å². The number of aromatic nitrogens is 4. The maximum atomic E-state index is 5.28. The molecular weight excluding hydrogens is 438 g/mol. The minimum absolute atomic E-state index is 0.565. The molecule has 0 bridgehead atoms. The van der Waals surface area contributed by atoms with Crippen molar-refractivity contribution in [3.05, 3.63) is 61.1 Å². The summed E-state index contributed by atoms with van der Waals surface area (Å²) in [5, 5.41) is 7.96. The van der Waals surface area contributed by atoms with Gasteiger partial charge in [-0.25, -0.2) is 14.5 Å². The van der Waals surface area contributed by atoms with Gasteiger partial charge in [0.05, 0.1) is 18.5 Å². The van der Waals surface area contributed by atoms with Gasteiger partial charge in [-0.2, -0.15) is 5.10 Å². The molecule has 1 aliphatic heterocycles. The molecule has 1 N–H and O–H groups in total. The van der Waals surface area contributed by atoms with Crippen LogP contribution in [0.2, 0.25) is 0 Å². The summed E-state index contributed by atoms with van der Waals surface area (Å²) in [7, 11) is 1.61. The van der Waals surface area contributed by atoms with E-state index in [4.69, 9.17) is 4.74 Å². The van der Waals surface area contributed by atoms with Gasteiger partial charge in [0.15, 0.2) is 5.65 Å². The minimum Gasteiger partial charge on any atom is -0.481 e. The number of pyridine rings is 2. The van der Waals surface area contributed by atoms with E-state index in [0.29, 0.717) is 5.88 Å². The van der Waals surface area contributed by atoms with E-state index in [-0.39, 0.29) is 0 Å². The number of anilines is 3. The molecule has 0 radical (unpaired) electrons. The number of hydrogen-bond donors (Lipinski definition) is 1. The van der Waals surface area contributed by atoms with Crippen molar-refractivity contribution in [3.63, 3.8) is 0 Å². The summed E-state index contributed by atoms with van der Waals surface area (Å²) in [4.78, 5) is 13.8. The first kappa shape index (κ1) is 23.1. The highest BCUT2D eigenvalue weighted by molar-refractivity contribution is 5.78. The Hall–Kier alpha value is -3.65. The molecule has 4 aromatic rings. The zero-order valence-corrected chi connectivity index (χ0v) is 20.7.